The molecule has 0 aliphatic rings. The van der Waals surface area contributed by atoms with Gasteiger partial charge in [0.2, 0.25) is 5.78 Å². The molecule has 0 aliphatic carbocycles. The molecule has 0 spiro atoms. The van der Waals surface area contributed by atoms with Crippen molar-refractivity contribution in [2.75, 3.05) is 0 Å². The van der Waals surface area contributed by atoms with Gasteiger partial charge in [-0.15, -0.1) is 0 Å². The van der Waals surface area contributed by atoms with Gasteiger partial charge in [-0.05, 0) is 30.7 Å². The molecule has 5 heteroatoms. The van der Waals surface area contributed by atoms with Gasteiger partial charge >= 0.3 is 0 Å². The number of nitrogens with zero attached hydrogens (tertiary/aromatic N) is 1. The summed E-state index contributed by atoms with van der Waals surface area (Å²) in [7, 11) is 0. The zero-order chi connectivity index (χ0) is 19.2. The first-order chi connectivity index (χ1) is 13.1. The lowest BCUT2D eigenvalue weighted by atomic mass is 10.0. The monoisotopic (exact) mass is 395 g/mol. The number of hydrogen-bond acceptors (Lipinski definition) is 2. The molecule has 0 unspecified atom stereocenters. The van der Waals surface area contributed by atoms with Crippen molar-refractivity contribution in [1.82, 2.24) is 5.32 Å². The number of thiocarbonyl (C=S) groups is 1. The Hall–Kier alpha value is -2.56. The van der Waals surface area contributed by atoms with Crippen LogP contribution in [0.2, 0.25) is 5.02 Å². The minimum atomic E-state index is -0.663. The fourth-order valence-corrected chi connectivity index (χ4v) is 3.39. The van der Waals surface area contributed by atoms with Crippen molar-refractivity contribution in [3.05, 3.63) is 101 Å². The molecule has 3 nitrogen and oxygen atoms in total. The number of aromatic nitrogens is 1. The summed E-state index contributed by atoms with van der Waals surface area (Å²) in [6.45, 7) is 2.53. The van der Waals surface area contributed by atoms with Crippen LogP contribution in [0.4, 0.5) is 0 Å². The van der Waals surface area contributed by atoms with Crippen molar-refractivity contribution >= 4 is 34.6 Å². The van der Waals surface area contributed by atoms with E-state index in [9.17, 15) is 4.79 Å². The molecule has 27 heavy (non-hydrogen) atoms. The molecule has 0 radical (unpaired) electrons. The van der Waals surface area contributed by atoms with E-state index in [1.54, 1.807) is 24.3 Å². The summed E-state index contributed by atoms with van der Waals surface area (Å²) in [6, 6.07) is 20.2. The summed E-state index contributed by atoms with van der Waals surface area (Å²) in [4.78, 5) is 13.8. The number of aryl methyl sites for hydroxylation is 1. The van der Waals surface area contributed by atoms with E-state index < -0.39 is 6.04 Å². The summed E-state index contributed by atoms with van der Waals surface area (Å²) < 4.78 is 1.83. The number of hydrogen-bond donors (Lipinski definition) is 1. The van der Waals surface area contributed by atoms with Crippen LogP contribution in [0.25, 0.3) is 0 Å². The minimum absolute atomic E-state index is 0.137. The number of Topliss-reactive ketones (excluding diaryl/α,β-unsaturated/α-hetero) is 1. The Morgan fingerprint density at radius 3 is 2.48 bits per heavy atom. The molecule has 2 aromatic carbocycles. The lowest BCUT2D eigenvalue weighted by Gasteiger charge is -2.15. The van der Waals surface area contributed by atoms with Crippen LogP contribution in [-0.2, 0) is 6.54 Å². The van der Waals surface area contributed by atoms with Crippen LogP contribution in [0.3, 0.4) is 0 Å². The van der Waals surface area contributed by atoms with Crippen molar-refractivity contribution in [2.24, 2.45) is 0 Å². The standard InChI is InChI=1S/C22H19ClN2OS/c1-16-8-7-13-25(15-16)20(21(26)18-11-5-6-12-19(18)23)22(27)24-14-17-9-3-2-4-10-17/h2-13,15,20H,14H2,1H3/p+1/t20-/m0/s1. The average Bonchev–Trinajstić information content (AvgIpc) is 2.68. The van der Waals surface area contributed by atoms with Gasteiger partial charge in [-0.3, -0.25) is 4.79 Å². The van der Waals surface area contributed by atoms with Gasteiger partial charge in [0.1, 0.15) is 0 Å². The van der Waals surface area contributed by atoms with E-state index in [1.807, 2.05) is 66.3 Å². The number of carbonyl (C=O) groups is 1. The molecule has 0 saturated heterocycles. The molecule has 1 N–H and O–H groups in total. The number of halogens is 1. The highest BCUT2D eigenvalue weighted by molar-refractivity contribution is 7.80. The molecule has 3 aromatic rings. The van der Waals surface area contributed by atoms with Gasteiger partial charge < -0.3 is 5.32 Å². The van der Waals surface area contributed by atoms with Crippen LogP contribution in [0.15, 0.2) is 79.1 Å². The second-order valence-corrected chi connectivity index (χ2v) is 7.13. The summed E-state index contributed by atoms with van der Waals surface area (Å²) >= 11 is 11.9. The van der Waals surface area contributed by atoms with E-state index in [0.29, 0.717) is 22.1 Å². The highest BCUT2D eigenvalue weighted by atomic mass is 35.5. The molecule has 136 valence electrons. The largest absolute Gasteiger partial charge is 0.370 e. The topological polar surface area (TPSA) is 33.0 Å². The van der Waals surface area contributed by atoms with E-state index in [0.717, 1.165) is 11.1 Å². The summed E-state index contributed by atoms with van der Waals surface area (Å²) in [6.07, 6.45) is 3.76. The Morgan fingerprint density at radius 1 is 1.07 bits per heavy atom. The second kappa shape index (κ2) is 8.89. The number of carbonyl (C=O) groups excluding carboxylic acids is 1. The Balaban J connectivity index is 1.91. The van der Waals surface area contributed by atoms with Crippen LogP contribution in [0.1, 0.15) is 27.5 Å². The molecule has 1 atom stereocenters. The van der Waals surface area contributed by atoms with E-state index >= 15 is 0 Å². The SMILES string of the molecule is Cc1ccc[n+]([C@@H](C(=O)c2ccccc2Cl)C(=S)NCc2ccccc2)c1. The van der Waals surface area contributed by atoms with Gasteiger partial charge in [0, 0.05) is 23.7 Å². The third kappa shape index (κ3) is 4.79. The molecule has 0 saturated carbocycles. The van der Waals surface area contributed by atoms with Crippen LogP contribution in [-0.4, -0.2) is 10.8 Å². The van der Waals surface area contributed by atoms with Gasteiger partial charge in [-0.1, -0.05) is 66.3 Å². The Bertz CT molecular complexity index is 959. The van der Waals surface area contributed by atoms with Crippen molar-refractivity contribution < 1.29 is 9.36 Å². The van der Waals surface area contributed by atoms with E-state index in [4.69, 9.17) is 23.8 Å². The third-order valence-electron chi connectivity index (χ3n) is 4.21. The molecule has 1 aromatic heterocycles. The fourth-order valence-electron chi connectivity index (χ4n) is 2.86. The number of nitrogens with one attached hydrogen (secondary N) is 1. The highest BCUT2D eigenvalue weighted by Crippen LogP contribution is 2.20. The highest BCUT2D eigenvalue weighted by Gasteiger charge is 2.34. The first kappa shape index (κ1) is 19.2. The second-order valence-electron chi connectivity index (χ2n) is 6.28. The molecule has 0 amide bonds. The molecular formula is C22H20ClN2OS+. The molecule has 3 rings (SSSR count). The lowest BCUT2D eigenvalue weighted by molar-refractivity contribution is -0.692. The number of ketones is 1. The minimum Gasteiger partial charge on any atom is -0.370 e. The van der Waals surface area contributed by atoms with Gasteiger partial charge in [0.15, 0.2) is 17.4 Å². The smallest absolute Gasteiger partial charge is 0.270 e. The third-order valence-corrected chi connectivity index (χ3v) is 4.91. The molecule has 0 aliphatic heterocycles. The van der Waals surface area contributed by atoms with E-state index in [2.05, 4.69) is 5.32 Å². The Labute approximate surface area is 169 Å². The zero-order valence-corrected chi connectivity index (χ0v) is 16.5. The summed E-state index contributed by atoms with van der Waals surface area (Å²) in [5, 5.41) is 3.66. The van der Waals surface area contributed by atoms with Crippen molar-refractivity contribution in [1.29, 1.82) is 0 Å². The predicted molar refractivity (Wildman–Crippen MR) is 112 cm³/mol. The van der Waals surface area contributed by atoms with E-state index in [1.165, 1.54) is 0 Å². The van der Waals surface area contributed by atoms with Gasteiger partial charge in [0.05, 0.1) is 5.02 Å². The van der Waals surface area contributed by atoms with Crippen LogP contribution in [0.5, 0.6) is 0 Å². The average molecular weight is 396 g/mol. The molecular weight excluding hydrogens is 376 g/mol. The van der Waals surface area contributed by atoms with Crippen LogP contribution < -0.4 is 9.88 Å². The Morgan fingerprint density at radius 2 is 1.78 bits per heavy atom. The van der Waals surface area contributed by atoms with Crippen LogP contribution in [0, 0.1) is 6.92 Å². The molecule has 0 bridgehead atoms. The summed E-state index contributed by atoms with van der Waals surface area (Å²) in [5.74, 6) is -0.137. The van der Waals surface area contributed by atoms with Gasteiger partial charge in [-0.2, -0.15) is 4.57 Å². The number of benzene rings is 2. The molecule has 1 heterocycles. The first-order valence-corrected chi connectivity index (χ1v) is 9.42. The predicted octanol–water partition coefficient (Wildman–Crippen LogP) is 4.48. The van der Waals surface area contributed by atoms with Gasteiger partial charge in [-0.25, -0.2) is 0 Å². The van der Waals surface area contributed by atoms with Crippen molar-refractivity contribution in [2.45, 2.75) is 19.5 Å². The summed E-state index contributed by atoms with van der Waals surface area (Å²) in [5.41, 5.74) is 2.60. The normalized spacial score (nSPS) is 11.6. The lowest BCUT2D eigenvalue weighted by Crippen LogP contribution is -2.51. The van der Waals surface area contributed by atoms with Crippen LogP contribution >= 0.6 is 23.8 Å². The number of rotatable bonds is 6. The van der Waals surface area contributed by atoms with Crippen molar-refractivity contribution in [3.63, 3.8) is 0 Å². The first-order valence-electron chi connectivity index (χ1n) is 8.64. The maximum absolute atomic E-state index is 13.3. The van der Waals surface area contributed by atoms with E-state index in [-0.39, 0.29) is 5.78 Å². The Kier molecular flexibility index (Phi) is 6.32. The van der Waals surface area contributed by atoms with Gasteiger partial charge in [0.25, 0.3) is 6.04 Å². The van der Waals surface area contributed by atoms with Crippen molar-refractivity contribution in [3.8, 4) is 0 Å². The zero-order valence-electron chi connectivity index (χ0n) is 14.9. The number of pyridine rings is 1. The fraction of sp³-hybridized carbons (Fsp3) is 0.136. The maximum Gasteiger partial charge on any atom is 0.270 e. The quantitative estimate of drug-likeness (QED) is 0.379. The molecule has 0 fully saturated rings. The maximum atomic E-state index is 13.3.